The molecule has 0 saturated heterocycles. The average Bonchev–Trinajstić information content (AvgIpc) is 3.55. The molecule has 0 spiro atoms. The average molecular weight is 1190 g/mol. The van der Waals surface area contributed by atoms with E-state index in [1.807, 2.05) is 121 Å². The first kappa shape index (κ1) is 66.4. The normalized spacial score (nSPS) is 12.0. The summed E-state index contributed by atoms with van der Waals surface area (Å²) in [4.78, 5) is 90.0. The van der Waals surface area contributed by atoms with Gasteiger partial charge in [-0.2, -0.15) is 47.0 Å². The fourth-order valence-corrected chi connectivity index (χ4v) is 12.7. The summed E-state index contributed by atoms with van der Waals surface area (Å²) < 4.78 is 13.2. The zero-order valence-corrected chi connectivity index (χ0v) is 50.4. The summed E-state index contributed by atoms with van der Waals surface area (Å²) in [5.41, 5.74) is 4.09. The summed E-state index contributed by atoms with van der Waals surface area (Å²) in [6.45, 7) is 4.34. The predicted octanol–water partition coefficient (Wildman–Crippen LogP) is 7.79. The number of hydrogen-bond donors (Lipinski definition) is 6. The number of amides is 6. The standard InChI is InChI=1S/C63H80N6O9S4/c1-47(70)65-26-16-15-25-52(63(76)64-2)41-58(71)53-39-54(77-43-56(81-33-29-68-61(74)37-50-21-11-5-12-22-50)45-79-31-27-66-59(72)35-48-17-7-3-8-18-48)42-55(40-53)78-44-57(82-34-30-69-62(75)38-51-23-13-6-14-24-51)46-80-32-28-67-60(73)36-49-19-9-4-10-20-49/h3-14,17-24,39-40,42,52,56-57H,15-16,25-38,41,43-46H2,1-2H3,(H,64,76)(H,65,70)(H,66,72)(H,67,73)(H,68,74)(H,69,75). The first-order chi connectivity index (χ1) is 39.9. The number of nitrogens with one attached hydrogen (secondary N) is 6. The maximum atomic E-state index is 14.3. The molecule has 19 heteroatoms. The maximum Gasteiger partial charge on any atom is 0.224 e. The number of hydrogen-bond acceptors (Lipinski definition) is 13. The zero-order chi connectivity index (χ0) is 58.4. The Kier molecular flexibility index (Phi) is 32.3. The van der Waals surface area contributed by atoms with E-state index in [-0.39, 0.29) is 84.2 Å². The van der Waals surface area contributed by atoms with E-state index in [9.17, 15) is 33.6 Å². The van der Waals surface area contributed by atoms with Gasteiger partial charge in [0.2, 0.25) is 35.4 Å². The second-order valence-electron chi connectivity index (χ2n) is 19.4. The summed E-state index contributed by atoms with van der Waals surface area (Å²) in [7, 11) is 1.55. The molecule has 0 aliphatic rings. The van der Waals surface area contributed by atoms with Crippen molar-refractivity contribution >= 4 is 88.3 Å². The van der Waals surface area contributed by atoms with Crippen LogP contribution in [0.4, 0.5) is 0 Å². The van der Waals surface area contributed by atoms with Crippen LogP contribution < -0.4 is 41.4 Å². The summed E-state index contributed by atoms with van der Waals surface area (Å²) in [6, 6.07) is 43.6. The Labute approximate surface area is 501 Å². The van der Waals surface area contributed by atoms with E-state index < -0.39 is 5.92 Å². The number of unbranched alkanes of at least 4 members (excludes halogenated alkanes) is 1. The highest BCUT2D eigenvalue weighted by molar-refractivity contribution is 8.03. The van der Waals surface area contributed by atoms with Gasteiger partial charge in [-0.05, 0) is 47.2 Å². The third-order valence-corrected chi connectivity index (χ3v) is 17.7. The molecule has 0 fully saturated rings. The molecule has 3 atom stereocenters. The molecule has 5 aromatic carbocycles. The fraction of sp³-hybridized carbons (Fsp3) is 0.413. The highest BCUT2D eigenvalue weighted by Gasteiger charge is 2.24. The van der Waals surface area contributed by atoms with E-state index in [1.54, 1.807) is 72.3 Å². The van der Waals surface area contributed by atoms with Crippen molar-refractivity contribution in [2.75, 3.05) is 87.5 Å². The highest BCUT2D eigenvalue weighted by atomic mass is 32.2. The van der Waals surface area contributed by atoms with Gasteiger partial charge < -0.3 is 41.4 Å². The van der Waals surface area contributed by atoms with Gasteiger partial charge in [0.25, 0.3) is 0 Å². The minimum absolute atomic E-state index is 0.0461. The van der Waals surface area contributed by atoms with Crippen molar-refractivity contribution in [1.29, 1.82) is 0 Å². The quantitative estimate of drug-likeness (QED) is 0.0163. The van der Waals surface area contributed by atoms with Crippen molar-refractivity contribution in [3.8, 4) is 11.5 Å². The van der Waals surface area contributed by atoms with Gasteiger partial charge in [0, 0.05) is 116 Å². The molecule has 82 heavy (non-hydrogen) atoms. The molecule has 0 saturated carbocycles. The van der Waals surface area contributed by atoms with Crippen LogP contribution in [0.25, 0.3) is 0 Å². The molecule has 0 aliphatic carbocycles. The molecule has 440 valence electrons. The van der Waals surface area contributed by atoms with E-state index in [0.29, 0.717) is 116 Å². The number of carbonyl (C=O) groups excluding carboxylic acids is 7. The Morgan fingerprint density at radius 3 is 1.21 bits per heavy atom. The number of thioether (sulfide) groups is 4. The van der Waals surface area contributed by atoms with Crippen LogP contribution in [0.15, 0.2) is 140 Å². The summed E-state index contributed by atoms with van der Waals surface area (Å²) in [5, 5.41) is 17.5. The van der Waals surface area contributed by atoms with Crippen molar-refractivity contribution in [2.24, 2.45) is 5.92 Å². The molecule has 5 aromatic rings. The lowest BCUT2D eigenvalue weighted by atomic mass is 9.92. The van der Waals surface area contributed by atoms with Gasteiger partial charge in [-0.15, -0.1) is 0 Å². The van der Waals surface area contributed by atoms with E-state index in [2.05, 4.69) is 31.9 Å². The number of ether oxygens (including phenoxy) is 2. The van der Waals surface area contributed by atoms with Crippen LogP contribution in [0.5, 0.6) is 11.5 Å². The summed E-state index contributed by atoms with van der Waals surface area (Å²) >= 11 is 6.71. The van der Waals surface area contributed by atoms with Gasteiger partial charge >= 0.3 is 0 Å². The Morgan fingerprint density at radius 1 is 0.463 bits per heavy atom. The zero-order valence-electron chi connectivity index (χ0n) is 47.2. The monoisotopic (exact) mass is 1190 g/mol. The molecule has 0 radical (unpaired) electrons. The van der Waals surface area contributed by atoms with Crippen molar-refractivity contribution < 1.29 is 43.0 Å². The molecule has 3 unspecified atom stereocenters. The molecule has 6 amide bonds. The minimum Gasteiger partial charge on any atom is -0.492 e. The third kappa shape index (κ3) is 29.0. The molecule has 0 aromatic heterocycles. The van der Waals surface area contributed by atoms with Gasteiger partial charge in [-0.25, -0.2) is 0 Å². The lowest BCUT2D eigenvalue weighted by Crippen LogP contribution is -2.29. The van der Waals surface area contributed by atoms with E-state index in [4.69, 9.17) is 9.47 Å². The van der Waals surface area contributed by atoms with Crippen LogP contribution in [0, 0.1) is 5.92 Å². The molecular weight excluding hydrogens is 1110 g/mol. The van der Waals surface area contributed by atoms with Crippen molar-refractivity contribution in [3.05, 3.63) is 167 Å². The van der Waals surface area contributed by atoms with Crippen molar-refractivity contribution in [2.45, 2.75) is 68.8 Å². The molecule has 0 heterocycles. The van der Waals surface area contributed by atoms with Crippen LogP contribution in [-0.2, 0) is 54.5 Å². The van der Waals surface area contributed by atoms with Gasteiger partial charge in [0.1, 0.15) is 24.7 Å². The highest BCUT2D eigenvalue weighted by Crippen LogP contribution is 2.29. The number of ketones is 1. The van der Waals surface area contributed by atoms with Crippen LogP contribution in [0.1, 0.15) is 65.2 Å². The minimum atomic E-state index is -0.605. The Balaban J connectivity index is 1.29. The second kappa shape index (κ2) is 39.9. The van der Waals surface area contributed by atoms with Crippen molar-refractivity contribution in [1.82, 2.24) is 31.9 Å². The fourth-order valence-electron chi connectivity index (χ4n) is 8.38. The smallest absolute Gasteiger partial charge is 0.224 e. The SMILES string of the molecule is CNC(=O)C(CCCCNC(C)=O)CC(=O)c1cc(OCC(CSCCNC(=O)Cc2ccccc2)SCCNC(=O)Cc2ccccc2)cc(OCC(CSCCNC(=O)Cc2ccccc2)SCCNC(=O)Cc2ccccc2)c1. The van der Waals surface area contributed by atoms with Crippen LogP contribution in [0.3, 0.4) is 0 Å². The van der Waals surface area contributed by atoms with Gasteiger partial charge in [0.15, 0.2) is 5.78 Å². The third-order valence-electron chi connectivity index (χ3n) is 12.6. The lowest BCUT2D eigenvalue weighted by molar-refractivity contribution is -0.125. The molecule has 5 rings (SSSR count). The summed E-state index contributed by atoms with van der Waals surface area (Å²) in [6.07, 6.45) is 2.86. The summed E-state index contributed by atoms with van der Waals surface area (Å²) in [5.74, 6) is 3.32. The number of rotatable bonds is 41. The van der Waals surface area contributed by atoms with E-state index in [1.165, 1.54) is 6.92 Å². The lowest BCUT2D eigenvalue weighted by Gasteiger charge is -2.20. The first-order valence-electron chi connectivity index (χ1n) is 27.9. The maximum absolute atomic E-state index is 14.3. The first-order valence-corrected chi connectivity index (χ1v) is 32.3. The molecule has 0 aliphatic heterocycles. The second-order valence-corrected chi connectivity index (χ2v) is 24.5. The Bertz CT molecular complexity index is 2550. The molecule has 6 N–H and O–H groups in total. The van der Waals surface area contributed by atoms with Crippen LogP contribution in [-0.4, -0.2) is 139 Å². The van der Waals surface area contributed by atoms with Gasteiger partial charge in [-0.3, -0.25) is 33.6 Å². The van der Waals surface area contributed by atoms with E-state index >= 15 is 0 Å². The number of carbonyl (C=O) groups is 7. The molecular formula is C63H80N6O9S4. The Hall–Kier alpha value is -6.41. The number of benzene rings is 5. The topological polar surface area (TPSA) is 210 Å². The van der Waals surface area contributed by atoms with Gasteiger partial charge in [0.05, 0.1) is 25.7 Å². The van der Waals surface area contributed by atoms with Crippen LogP contribution >= 0.6 is 47.0 Å². The predicted molar refractivity (Wildman–Crippen MR) is 336 cm³/mol. The Morgan fingerprint density at radius 2 is 0.841 bits per heavy atom. The molecule has 15 nitrogen and oxygen atoms in total. The van der Waals surface area contributed by atoms with Crippen molar-refractivity contribution in [3.63, 3.8) is 0 Å². The largest absolute Gasteiger partial charge is 0.492 e. The number of Topliss-reactive ketones (excluding diaryl/α,β-unsaturated/α-hetero) is 1. The van der Waals surface area contributed by atoms with E-state index in [0.717, 1.165) is 22.3 Å². The molecule has 0 bridgehead atoms. The van der Waals surface area contributed by atoms with Gasteiger partial charge in [-0.1, -0.05) is 128 Å². The van der Waals surface area contributed by atoms with Crippen LogP contribution in [0.2, 0.25) is 0 Å².